The second-order valence-corrected chi connectivity index (χ2v) is 4.30. The van der Waals surface area contributed by atoms with Crippen molar-refractivity contribution >= 4 is 0 Å². The van der Waals surface area contributed by atoms with Gasteiger partial charge in [-0.1, -0.05) is 0 Å². The van der Waals surface area contributed by atoms with E-state index in [-0.39, 0.29) is 0 Å². The Morgan fingerprint density at radius 1 is 1.44 bits per heavy atom. The first-order valence-corrected chi connectivity index (χ1v) is 6.01. The number of unbranched alkanes of at least 4 members (excludes halogenated alkanes) is 1. The third kappa shape index (κ3) is 5.88. The lowest BCUT2D eigenvalue weighted by molar-refractivity contribution is 0.0760. The normalized spacial score (nSPS) is 11.2. The quantitative estimate of drug-likeness (QED) is 0.665. The molecule has 0 unspecified atom stereocenters. The maximum atomic E-state index is 5.47. The molecule has 0 aromatic carbocycles. The first kappa shape index (κ1) is 13.2. The van der Waals surface area contributed by atoms with Crippen LogP contribution in [0.5, 0.6) is 0 Å². The molecule has 0 aliphatic carbocycles. The minimum atomic E-state index is 0.348. The van der Waals surface area contributed by atoms with Gasteiger partial charge in [-0.25, -0.2) is 4.98 Å². The topological polar surface area (TPSA) is 49.9 Å². The van der Waals surface area contributed by atoms with E-state index in [0.29, 0.717) is 6.10 Å². The second kappa shape index (κ2) is 7.41. The number of aromatic amines is 1. The van der Waals surface area contributed by atoms with Crippen LogP contribution in [0, 0.1) is 6.92 Å². The minimum Gasteiger partial charge on any atom is -0.379 e. The highest BCUT2D eigenvalue weighted by Crippen LogP contribution is 1.96. The lowest BCUT2D eigenvalue weighted by Gasteiger charge is -2.07. The van der Waals surface area contributed by atoms with Crippen molar-refractivity contribution in [2.45, 2.75) is 46.3 Å². The van der Waals surface area contributed by atoms with Gasteiger partial charge in [0.2, 0.25) is 0 Å². The third-order valence-electron chi connectivity index (χ3n) is 2.27. The Morgan fingerprint density at radius 2 is 2.25 bits per heavy atom. The monoisotopic (exact) mass is 225 g/mol. The van der Waals surface area contributed by atoms with Gasteiger partial charge in [0.25, 0.3) is 0 Å². The standard InChI is InChI=1S/C12H23N3O/c1-10(2)16-7-5-4-6-13-8-12-9-14-11(3)15-12/h9-10,13H,4-8H2,1-3H3,(H,14,15). The number of nitrogens with zero attached hydrogens (tertiary/aromatic N) is 1. The van der Waals surface area contributed by atoms with Gasteiger partial charge in [-0.15, -0.1) is 0 Å². The molecule has 1 aromatic heterocycles. The van der Waals surface area contributed by atoms with Gasteiger partial charge in [0, 0.05) is 25.0 Å². The average Bonchev–Trinajstić information content (AvgIpc) is 2.62. The van der Waals surface area contributed by atoms with Crippen molar-refractivity contribution < 1.29 is 4.74 Å². The molecule has 0 atom stereocenters. The Kier molecular flexibility index (Phi) is 6.11. The summed E-state index contributed by atoms with van der Waals surface area (Å²) in [6.07, 6.45) is 4.50. The molecule has 0 radical (unpaired) electrons. The van der Waals surface area contributed by atoms with E-state index >= 15 is 0 Å². The van der Waals surface area contributed by atoms with Crippen LogP contribution in [-0.4, -0.2) is 29.2 Å². The molecule has 4 heteroatoms. The summed E-state index contributed by atoms with van der Waals surface area (Å²) < 4.78 is 5.47. The van der Waals surface area contributed by atoms with Gasteiger partial charge in [0.15, 0.2) is 0 Å². The van der Waals surface area contributed by atoms with Gasteiger partial charge in [-0.05, 0) is 40.2 Å². The number of imidazole rings is 1. The Morgan fingerprint density at radius 3 is 2.88 bits per heavy atom. The first-order chi connectivity index (χ1) is 7.68. The average molecular weight is 225 g/mol. The van der Waals surface area contributed by atoms with Crippen molar-refractivity contribution in [2.24, 2.45) is 0 Å². The van der Waals surface area contributed by atoms with Crippen molar-refractivity contribution in [1.29, 1.82) is 0 Å². The number of ether oxygens (including phenoxy) is 1. The molecule has 4 nitrogen and oxygen atoms in total. The molecule has 2 N–H and O–H groups in total. The summed E-state index contributed by atoms with van der Waals surface area (Å²) in [4.78, 5) is 7.34. The Bertz CT molecular complexity index is 284. The summed E-state index contributed by atoms with van der Waals surface area (Å²) in [7, 11) is 0. The summed E-state index contributed by atoms with van der Waals surface area (Å²) in [5, 5.41) is 3.38. The number of aromatic nitrogens is 2. The van der Waals surface area contributed by atoms with E-state index in [4.69, 9.17) is 4.74 Å². The first-order valence-electron chi connectivity index (χ1n) is 6.01. The molecule has 1 rings (SSSR count). The summed E-state index contributed by atoms with van der Waals surface area (Å²) in [5.41, 5.74) is 1.15. The zero-order chi connectivity index (χ0) is 11.8. The van der Waals surface area contributed by atoms with Gasteiger partial charge >= 0.3 is 0 Å². The highest BCUT2D eigenvalue weighted by molar-refractivity contribution is 4.98. The third-order valence-corrected chi connectivity index (χ3v) is 2.27. The molecular weight excluding hydrogens is 202 g/mol. The fraction of sp³-hybridized carbons (Fsp3) is 0.750. The largest absolute Gasteiger partial charge is 0.379 e. The molecule has 1 aromatic rings. The van der Waals surface area contributed by atoms with Crippen LogP contribution in [0.3, 0.4) is 0 Å². The van der Waals surface area contributed by atoms with Gasteiger partial charge in [0.05, 0.1) is 6.10 Å². The predicted molar refractivity (Wildman–Crippen MR) is 65.4 cm³/mol. The van der Waals surface area contributed by atoms with Crippen LogP contribution in [-0.2, 0) is 11.3 Å². The fourth-order valence-electron chi connectivity index (χ4n) is 1.46. The Hall–Kier alpha value is -0.870. The van der Waals surface area contributed by atoms with Gasteiger partial charge in [-0.3, -0.25) is 0 Å². The highest BCUT2D eigenvalue weighted by atomic mass is 16.5. The number of nitrogens with one attached hydrogen (secondary N) is 2. The number of aryl methyl sites for hydroxylation is 1. The van der Waals surface area contributed by atoms with Crippen LogP contribution < -0.4 is 5.32 Å². The van der Waals surface area contributed by atoms with Crippen molar-refractivity contribution in [1.82, 2.24) is 15.3 Å². The van der Waals surface area contributed by atoms with E-state index in [1.807, 2.05) is 13.1 Å². The molecule has 0 spiro atoms. The van der Waals surface area contributed by atoms with E-state index in [1.54, 1.807) is 0 Å². The number of H-pyrrole nitrogens is 1. The van der Waals surface area contributed by atoms with E-state index in [0.717, 1.165) is 44.1 Å². The van der Waals surface area contributed by atoms with E-state index in [2.05, 4.69) is 29.1 Å². The van der Waals surface area contributed by atoms with E-state index < -0.39 is 0 Å². The molecular formula is C12H23N3O. The molecule has 0 saturated heterocycles. The molecule has 0 fully saturated rings. The molecule has 0 amide bonds. The minimum absolute atomic E-state index is 0.348. The molecule has 92 valence electrons. The maximum Gasteiger partial charge on any atom is 0.103 e. The van der Waals surface area contributed by atoms with Crippen LogP contribution in [0.4, 0.5) is 0 Å². The van der Waals surface area contributed by atoms with Crippen molar-refractivity contribution in [2.75, 3.05) is 13.2 Å². The summed E-state index contributed by atoms with van der Waals surface area (Å²) in [6, 6.07) is 0. The lowest BCUT2D eigenvalue weighted by atomic mass is 10.3. The fourth-order valence-corrected chi connectivity index (χ4v) is 1.46. The van der Waals surface area contributed by atoms with Crippen LogP contribution >= 0.6 is 0 Å². The molecule has 16 heavy (non-hydrogen) atoms. The molecule has 1 heterocycles. The molecule has 0 aliphatic heterocycles. The maximum absolute atomic E-state index is 5.47. The van der Waals surface area contributed by atoms with Crippen LogP contribution in [0.25, 0.3) is 0 Å². The zero-order valence-electron chi connectivity index (χ0n) is 10.5. The van der Waals surface area contributed by atoms with Crippen molar-refractivity contribution in [3.8, 4) is 0 Å². The Labute approximate surface area is 97.8 Å². The van der Waals surface area contributed by atoms with Gasteiger partial charge in [0.1, 0.15) is 5.82 Å². The predicted octanol–water partition coefficient (Wildman–Crippen LogP) is 2.01. The molecule has 0 saturated carbocycles. The van der Waals surface area contributed by atoms with E-state index in [1.165, 1.54) is 0 Å². The van der Waals surface area contributed by atoms with Crippen molar-refractivity contribution in [3.63, 3.8) is 0 Å². The van der Waals surface area contributed by atoms with Gasteiger partial charge < -0.3 is 15.0 Å². The van der Waals surface area contributed by atoms with Crippen LogP contribution in [0.15, 0.2) is 6.20 Å². The van der Waals surface area contributed by atoms with Crippen molar-refractivity contribution in [3.05, 3.63) is 17.7 Å². The van der Waals surface area contributed by atoms with E-state index in [9.17, 15) is 0 Å². The van der Waals surface area contributed by atoms with Crippen LogP contribution in [0.2, 0.25) is 0 Å². The van der Waals surface area contributed by atoms with Gasteiger partial charge in [-0.2, -0.15) is 0 Å². The summed E-state index contributed by atoms with van der Waals surface area (Å²) in [5.74, 6) is 0.974. The summed E-state index contributed by atoms with van der Waals surface area (Å²) in [6.45, 7) is 8.86. The molecule has 0 bridgehead atoms. The lowest BCUT2D eigenvalue weighted by Crippen LogP contribution is -2.15. The summed E-state index contributed by atoms with van der Waals surface area (Å²) >= 11 is 0. The highest BCUT2D eigenvalue weighted by Gasteiger charge is 1.96. The zero-order valence-corrected chi connectivity index (χ0v) is 10.5. The number of hydrogen-bond acceptors (Lipinski definition) is 3. The second-order valence-electron chi connectivity index (χ2n) is 4.30. The SMILES string of the molecule is Cc1ncc(CNCCCCOC(C)C)[nH]1. The number of hydrogen-bond donors (Lipinski definition) is 2. The number of rotatable bonds is 8. The van der Waals surface area contributed by atoms with Crippen LogP contribution in [0.1, 0.15) is 38.2 Å². The smallest absolute Gasteiger partial charge is 0.103 e. The Balaban J connectivity index is 1.92. The molecule has 0 aliphatic rings.